The third kappa shape index (κ3) is 5.00. The molecule has 0 aliphatic carbocycles. The summed E-state index contributed by atoms with van der Waals surface area (Å²) in [6, 6.07) is 4.96. The van der Waals surface area contributed by atoms with E-state index in [1.54, 1.807) is 25.1 Å². The lowest BCUT2D eigenvalue weighted by atomic mass is 9.99. The first-order valence-electron chi connectivity index (χ1n) is 7.91. The molecule has 2 aromatic rings. The third-order valence-electron chi connectivity index (χ3n) is 3.66. The number of alkyl halides is 4. The van der Waals surface area contributed by atoms with Crippen molar-refractivity contribution in [3.63, 3.8) is 0 Å². The minimum atomic E-state index is -5.05. The molecular weight excluding hydrogens is 402 g/mol. The van der Waals surface area contributed by atoms with Gasteiger partial charge in [-0.1, -0.05) is 23.8 Å². The summed E-state index contributed by atoms with van der Waals surface area (Å²) in [7, 11) is 1.31. The molecule has 2 rings (SSSR count). The van der Waals surface area contributed by atoms with Crippen molar-refractivity contribution in [3.05, 3.63) is 51.0 Å². The number of rotatable bonds is 7. The Hall–Kier alpha value is -2.62. The molecule has 1 aromatic heterocycles. The quantitative estimate of drug-likeness (QED) is 0.389. The number of carboxylic acid groups (broad SMARTS) is 1. The van der Waals surface area contributed by atoms with Crippen LogP contribution >= 0.6 is 11.3 Å². The van der Waals surface area contributed by atoms with Gasteiger partial charge >= 0.3 is 12.1 Å². The van der Waals surface area contributed by atoms with Crippen molar-refractivity contribution >= 4 is 22.9 Å². The number of aryl methyl sites for hydroxylation is 2. The molecule has 1 N–H and O–H groups in total. The van der Waals surface area contributed by atoms with Crippen LogP contribution in [0.4, 0.5) is 17.6 Å². The standard InChI is InChI=1S/C18H17F4NO4S/c1-9-4-5-12(13(8-26-3)17(24)25)11(6-9)7-27-15-10(2)28-16(23-15)14(19)18(20,21)22/h4-6,8,14H,7H2,1-3H3,(H,24,25). The summed E-state index contributed by atoms with van der Waals surface area (Å²) in [5, 5.41) is 8.63. The Morgan fingerprint density at radius 2 is 2.04 bits per heavy atom. The average Bonchev–Trinajstić information content (AvgIpc) is 2.97. The first-order valence-corrected chi connectivity index (χ1v) is 8.73. The Bertz CT molecular complexity index is 892. The van der Waals surface area contributed by atoms with Gasteiger partial charge in [-0.15, -0.1) is 11.3 Å². The van der Waals surface area contributed by atoms with Crippen molar-refractivity contribution in [2.24, 2.45) is 0 Å². The molecule has 0 saturated heterocycles. The fourth-order valence-corrected chi connectivity index (χ4v) is 3.25. The van der Waals surface area contributed by atoms with Crippen LogP contribution in [0.5, 0.6) is 5.88 Å². The zero-order chi connectivity index (χ0) is 21.1. The van der Waals surface area contributed by atoms with E-state index in [1.165, 1.54) is 14.0 Å². The van der Waals surface area contributed by atoms with Crippen LogP contribution in [-0.2, 0) is 16.1 Å². The Morgan fingerprint density at radius 1 is 1.36 bits per heavy atom. The Morgan fingerprint density at radius 3 is 2.61 bits per heavy atom. The highest BCUT2D eigenvalue weighted by molar-refractivity contribution is 7.11. The van der Waals surface area contributed by atoms with Crippen LogP contribution in [-0.4, -0.2) is 29.3 Å². The van der Waals surface area contributed by atoms with Gasteiger partial charge in [-0.05, 0) is 25.0 Å². The maximum atomic E-state index is 13.5. The number of hydrogen-bond donors (Lipinski definition) is 1. The van der Waals surface area contributed by atoms with Crippen LogP contribution in [0, 0.1) is 13.8 Å². The van der Waals surface area contributed by atoms with Gasteiger partial charge in [0.2, 0.25) is 12.1 Å². The van der Waals surface area contributed by atoms with Gasteiger partial charge in [0, 0.05) is 0 Å². The predicted molar refractivity (Wildman–Crippen MR) is 94.9 cm³/mol. The molecule has 1 atom stereocenters. The van der Waals surface area contributed by atoms with Gasteiger partial charge in [-0.2, -0.15) is 13.2 Å². The summed E-state index contributed by atoms with van der Waals surface area (Å²) in [5.41, 5.74) is 1.50. The van der Waals surface area contributed by atoms with Crippen LogP contribution in [0.25, 0.3) is 5.57 Å². The van der Waals surface area contributed by atoms with E-state index in [4.69, 9.17) is 9.47 Å². The maximum absolute atomic E-state index is 13.5. The van der Waals surface area contributed by atoms with Gasteiger partial charge in [-0.3, -0.25) is 0 Å². The number of carboxylic acids is 1. The first kappa shape index (κ1) is 21.7. The molecule has 0 aliphatic heterocycles. The fourth-order valence-electron chi connectivity index (χ4n) is 2.38. The molecule has 1 heterocycles. The topological polar surface area (TPSA) is 68.7 Å². The van der Waals surface area contributed by atoms with E-state index in [2.05, 4.69) is 4.98 Å². The van der Waals surface area contributed by atoms with Crippen molar-refractivity contribution in [3.8, 4) is 5.88 Å². The molecule has 0 aliphatic rings. The van der Waals surface area contributed by atoms with Gasteiger partial charge in [-0.25, -0.2) is 14.2 Å². The zero-order valence-electron chi connectivity index (χ0n) is 15.1. The Kier molecular flexibility index (Phi) is 6.65. The second-order valence-corrected chi connectivity index (χ2v) is 7.07. The number of nitrogens with zero attached hydrogens (tertiary/aromatic N) is 1. The SMILES string of the molecule is COC=C(C(=O)O)c1ccc(C)cc1COc1nc(C(F)C(F)(F)F)sc1C. The molecule has 5 nitrogen and oxygen atoms in total. The molecule has 28 heavy (non-hydrogen) atoms. The maximum Gasteiger partial charge on any atom is 0.426 e. The van der Waals surface area contributed by atoms with E-state index in [0.29, 0.717) is 22.5 Å². The van der Waals surface area contributed by atoms with Crippen molar-refractivity contribution in [2.45, 2.75) is 32.8 Å². The molecule has 0 fully saturated rings. The average molecular weight is 419 g/mol. The summed E-state index contributed by atoms with van der Waals surface area (Å²) >= 11 is 0.555. The van der Waals surface area contributed by atoms with Gasteiger partial charge in [0.15, 0.2) is 0 Å². The van der Waals surface area contributed by atoms with Crippen LogP contribution < -0.4 is 4.74 Å². The summed E-state index contributed by atoms with van der Waals surface area (Å²) in [6.45, 7) is 3.08. The number of thiazole rings is 1. The summed E-state index contributed by atoms with van der Waals surface area (Å²) in [6.07, 6.45) is -7.17. The highest BCUT2D eigenvalue weighted by Gasteiger charge is 2.43. The number of benzene rings is 1. The molecule has 0 radical (unpaired) electrons. The third-order valence-corrected chi connectivity index (χ3v) is 4.64. The lowest BCUT2D eigenvalue weighted by Crippen LogP contribution is -2.16. The largest absolute Gasteiger partial charge is 0.503 e. The van der Waals surface area contributed by atoms with E-state index in [-0.39, 0.29) is 22.9 Å². The van der Waals surface area contributed by atoms with Crippen LogP contribution in [0.1, 0.15) is 32.7 Å². The number of methoxy groups -OCH3 is 1. The minimum absolute atomic E-state index is 0.113. The number of ether oxygens (including phenoxy) is 2. The molecule has 0 spiro atoms. The number of hydrogen-bond acceptors (Lipinski definition) is 5. The smallest absolute Gasteiger partial charge is 0.426 e. The lowest BCUT2D eigenvalue weighted by Gasteiger charge is -2.12. The summed E-state index contributed by atoms with van der Waals surface area (Å²) < 4.78 is 61.4. The molecular formula is C18H17F4NO4S. The second kappa shape index (κ2) is 8.59. The Labute approximate surface area is 162 Å². The number of aromatic nitrogens is 1. The van der Waals surface area contributed by atoms with Crippen molar-refractivity contribution in [2.75, 3.05) is 7.11 Å². The predicted octanol–water partition coefficient (Wildman–Crippen LogP) is 4.98. The molecule has 0 amide bonds. The highest BCUT2D eigenvalue weighted by atomic mass is 32.1. The minimum Gasteiger partial charge on any atom is -0.503 e. The Balaban J connectivity index is 2.31. The first-order chi connectivity index (χ1) is 13.0. The monoisotopic (exact) mass is 419 g/mol. The molecule has 1 aromatic carbocycles. The van der Waals surface area contributed by atoms with Crippen LogP contribution in [0.15, 0.2) is 24.5 Å². The molecule has 0 saturated carbocycles. The van der Waals surface area contributed by atoms with Gasteiger partial charge < -0.3 is 14.6 Å². The van der Waals surface area contributed by atoms with Crippen LogP contribution in [0.2, 0.25) is 0 Å². The molecule has 10 heteroatoms. The van der Waals surface area contributed by atoms with Crippen molar-refractivity contribution in [1.29, 1.82) is 0 Å². The zero-order valence-corrected chi connectivity index (χ0v) is 15.9. The van der Waals surface area contributed by atoms with E-state index in [1.807, 2.05) is 0 Å². The molecule has 0 bridgehead atoms. The number of aliphatic carboxylic acids is 1. The fraction of sp³-hybridized carbons (Fsp3) is 0.333. The number of carbonyl (C=O) groups is 1. The van der Waals surface area contributed by atoms with E-state index < -0.39 is 23.3 Å². The van der Waals surface area contributed by atoms with E-state index in [0.717, 1.165) is 11.8 Å². The molecule has 152 valence electrons. The van der Waals surface area contributed by atoms with Crippen molar-refractivity contribution < 1.29 is 36.9 Å². The second-order valence-electron chi connectivity index (χ2n) is 5.84. The summed E-state index contributed by atoms with van der Waals surface area (Å²) in [5.74, 6) is -1.35. The normalized spacial score (nSPS) is 13.3. The van der Waals surface area contributed by atoms with E-state index >= 15 is 0 Å². The van der Waals surface area contributed by atoms with Gasteiger partial charge in [0.25, 0.3) is 0 Å². The molecule has 1 unspecified atom stereocenters. The number of halogens is 4. The summed E-state index contributed by atoms with van der Waals surface area (Å²) in [4.78, 5) is 15.4. The highest BCUT2D eigenvalue weighted by Crippen LogP contribution is 2.40. The van der Waals surface area contributed by atoms with Gasteiger partial charge in [0.05, 0.1) is 18.2 Å². The van der Waals surface area contributed by atoms with Gasteiger partial charge in [0.1, 0.15) is 17.2 Å². The lowest BCUT2D eigenvalue weighted by molar-refractivity contribution is -0.182. The van der Waals surface area contributed by atoms with Crippen LogP contribution in [0.3, 0.4) is 0 Å². The van der Waals surface area contributed by atoms with E-state index in [9.17, 15) is 27.5 Å². The van der Waals surface area contributed by atoms with Crippen molar-refractivity contribution in [1.82, 2.24) is 4.98 Å².